The highest BCUT2D eigenvalue weighted by atomic mass is 35.5. The number of ether oxygens (including phenoxy) is 1. The van der Waals surface area contributed by atoms with E-state index >= 15 is 0 Å². The van der Waals surface area contributed by atoms with Crippen molar-refractivity contribution in [3.63, 3.8) is 0 Å². The van der Waals surface area contributed by atoms with Crippen LogP contribution in [0.25, 0.3) is 0 Å². The van der Waals surface area contributed by atoms with Gasteiger partial charge in [-0.15, -0.1) is 13.2 Å². The van der Waals surface area contributed by atoms with Gasteiger partial charge in [-0.2, -0.15) is 0 Å². The summed E-state index contributed by atoms with van der Waals surface area (Å²) in [6.45, 7) is 1.17. The molecule has 1 aromatic carbocycles. The van der Waals surface area contributed by atoms with Gasteiger partial charge in [-0.25, -0.2) is 4.39 Å². The first-order chi connectivity index (χ1) is 6.29. The normalized spacial score (nSPS) is 11.6. The molecule has 0 aliphatic heterocycles. The van der Waals surface area contributed by atoms with E-state index in [2.05, 4.69) is 4.74 Å². The van der Waals surface area contributed by atoms with Gasteiger partial charge in [-0.05, 0) is 19.1 Å². The van der Waals surface area contributed by atoms with Crippen LogP contribution in [-0.2, 0) is 0 Å². The summed E-state index contributed by atoms with van der Waals surface area (Å²) in [5.74, 6) is -1.46. The summed E-state index contributed by atoms with van der Waals surface area (Å²) < 4.78 is 51.8. The van der Waals surface area contributed by atoms with Crippen LogP contribution in [0.15, 0.2) is 12.1 Å². The molecule has 6 heteroatoms. The van der Waals surface area contributed by atoms with Crippen LogP contribution in [0, 0.1) is 12.7 Å². The lowest BCUT2D eigenvalue weighted by Gasteiger charge is -2.11. The summed E-state index contributed by atoms with van der Waals surface area (Å²) in [7, 11) is 0. The number of benzene rings is 1. The topological polar surface area (TPSA) is 9.23 Å². The van der Waals surface area contributed by atoms with Crippen molar-refractivity contribution in [3.05, 3.63) is 28.5 Å². The molecule has 0 spiro atoms. The fourth-order valence-electron chi connectivity index (χ4n) is 0.853. The van der Waals surface area contributed by atoms with Gasteiger partial charge in [0.1, 0.15) is 11.6 Å². The average Bonchev–Trinajstić information content (AvgIpc) is 1.96. The van der Waals surface area contributed by atoms with Gasteiger partial charge in [-0.1, -0.05) is 11.6 Å². The monoisotopic (exact) mass is 228 g/mol. The SMILES string of the molecule is Cc1c(F)cc(Cl)cc1OC(F)(F)F. The molecule has 0 saturated carbocycles. The van der Waals surface area contributed by atoms with Crippen LogP contribution in [0.4, 0.5) is 17.6 Å². The van der Waals surface area contributed by atoms with Crippen molar-refractivity contribution in [3.8, 4) is 5.75 Å². The van der Waals surface area contributed by atoms with E-state index in [1.807, 2.05) is 0 Å². The summed E-state index contributed by atoms with van der Waals surface area (Å²) in [4.78, 5) is 0. The van der Waals surface area contributed by atoms with Crippen LogP contribution < -0.4 is 4.74 Å². The largest absolute Gasteiger partial charge is 0.573 e. The first kappa shape index (κ1) is 11.1. The smallest absolute Gasteiger partial charge is 0.405 e. The molecule has 0 atom stereocenters. The number of hydrogen-bond donors (Lipinski definition) is 0. The number of rotatable bonds is 1. The summed E-state index contributed by atoms with van der Waals surface area (Å²) in [5, 5.41) is -0.146. The predicted molar refractivity (Wildman–Crippen MR) is 42.8 cm³/mol. The van der Waals surface area contributed by atoms with Gasteiger partial charge < -0.3 is 4.74 Å². The zero-order valence-corrected chi connectivity index (χ0v) is 7.71. The number of hydrogen-bond acceptors (Lipinski definition) is 1. The van der Waals surface area contributed by atoms with E-state index in [4.69, 9.17) is 11.6 Å². The Morgan fingerprint density at radius 1 is 1.29 bits per heavy atom. The van der Waals surface area contributed by atoms with Crippen molar-refractivity contribution in [2.45, 2.75) is 13.3 Å². The summed E-state index contributed by atoms with van der Waals surface area (Å²) >= 11 is 5.36. The quantitative estimate of drug-likeness (QED) is 0.666. The van der Waals surface area contributed by atoms with E-state index in [1.165, 1.54) is 6.92 Å². The van der Waals surface area contributed by atoms with Crippen LogP contribution in [0.2, 0.25) is 5.02 Å². The molecular weight excluding hydrogens is 224 g/mol. The molecule has 0 aliphatic rings. The fraction of sp³-hybridized carbons (Fsp3) is 0.250. The summed E-state index contributed by atoms with van der Waals surface area (Å²) in [5.41, 5.74) is -0.230. The van der Waals surface area contributed by atoms with E-state index in [1.54, 1.807) is 0 Å². The third-order valence-electron chi connectivity index (χ3n) is 1.49. The Labute approximate surface area is 82.2 Å². The Morgan fingerprint density at radius 2 is 1.86 bits per heavy atom. The Bertz CT molecular complexity index is 348. The van der Waals surface area contributed by atoms with Gasteiger partial charge in [0, 0.05) is 10.6 Å². The predicted octanol–water partition coefficient (Wildman–Crippen LogP) is 3.69. The van der Waals surface area contributed by atoms with Crippen molar-refractivity contribution in [1.29, 1.82) is 0 Å². The second-order valence-electron chi connectivity index (χ2n) is 2.56. The lowest BCUT2D eigenvalue weighted by atomic mass is 10.2. The molecule has 0 aromatic heterocycles. The summed E-state index contributed by atoms with van der Waals surface area (Å²) in [6, 6.07) is 1.83. The Hall–Kier alpha value is -0.970. The average molecular weight is 229 g/mol. The molecule has 0 aliphatic carbocycles. The molecule has 0 N–H and O–H groups in total. The van der Waals surface area contributed by atoms with Crippen molar-refractivity contribution in [2.24, 2.45) is 0 Å². The zero-order valence-electron chi connectivity index (χ0n) is 6.95. The van der Waals surface area contributed by atoms with E-state index in [0.29, 0.717) is 0 Å². The van der Waals surface area contributed by atoms with E-state index in [0.717, 1.165) is 12.1 Å². The standard InChI is InChI=1S/C8H5ClF4O/c1-4-6(10)2-5(9)3-7(4)14-8(11,12)13/h2-3H,1H3. The Morgan fingerprint density at radius 3 is 2.36 bits per heavy atom. The molecule has 0 heterocycles. The van der Waals surface area contributed by atoms with E-state index in [9.17, 15) is 17.6 Å². The first-order valence-electron chi connectivity index (χ1n) is 3.51. The maximum atomic E-state index is 12.9. The highest BCUT2D eigenvalue weighted by Crippen LogP contribution is 2.30. The minimum absolute atomic E-state index is 0.146. The van der Waals surface area contributed by atoms with Crippen molar-refractivity contribution < 1.29 is 22.3 Å². The van der Waals surface area contributed by atoms with Gasteiger partial charge >= 0.3 is 6.36 Å². The molecule has 0 radical (unpaired) electrons. The van der Waals surface area contributed by atoms with Crippen molar-refractivity contribution in [1.82, 2.24) is 0 Å². The Kier molecular flexibility index (Phi) is 2.89. The van der Waals surface area contributed by atoms with Crippen LogP contribution in [-0.4, -0.2) is 6.36 Å². The maximum absolute atomic E-state index is 12.9. The molecule has 1 nitrogen and oxygen atoms in total. The third-order valence-corrected chi connectivity index (χ3v) is 1.71. The number of alkyl halides is 3. The fourth-order valence-corrected chi connectivity index (χ4v) is 1.05. The summed E-state index contributed by atoms with van der Waals surface area (Å²) in [6.07, 6.45) is -4.85. The number of halogens is 5. The molecule has 1 rings (SSSR count). The van der Waals surface area contributed by atoms with Crippen molar-refractivity contribution in [2.75, 3.05) is 0 Å². The zero-order chi connectivity index (χ0) is 10.9. The minimum Gasteiger partial charge on any atom is -0.405 e. The highest BCUT2D eigenvalue weighted by molar-refractivity contribution is 6.30. The molecule has 0 saturated heterocycles. The molecule has 0 unspecified atom stereocenters. The van der Waals surface area contributed by atoms with Crippen LogP contribution >= 0.6 is 11.6 Å². The third kappa shape index (κ3) is 2.77. The molecule has 1 aromatic rings. The van der Waals surface area contributed by atoms with Gasteiger partial charge in [0.25, 0.3) is 0 Å². The molecule has 0 fully saturated rings. The Balaban J connectivity index is 3.09. The minimum atomic E-state index is -4.85. The lowest BCUT2D eigenvalue weighted by molar-refractivity contribution is -0.274. The van der Waals surface area contributed by atoms with Crippen LogP contribution in [0.5, 0.6) is 5.75 Å². The van der Waals surface area contributed by atoms with E-state index in [-0.39, 0.29) is 10.6 Å². The highest BCUT2D eigenvalue weighted by Gasteiger charge is 2.32. The molecular formula is C8H5ClF4O. The second kappa shape index (κ2) is 3.65. The van der Waals surface area contributed by atoms with Gasteiger partial charge in [0.2, 0.25) is 0 Å². The van der Waals surface area contributed by atoms with E-state index < -0.39 is 17.9 Å². The van der Waals surface area contributed by atoms with Gasteiger partial charge in [0.15, 0.2) is 0 Å². The second-order valence-corrected chi connectivity index (χ2v) is 2.99. The maximum Gasteiger partial charge on any atom is 0.573 e. The lowest BCUT2D eigenvalue weighted by Crippen LogP contribution is -2.18. The van der Waals surface area contributed by atoms with Crippen LogP contribution in [0.1, 0.15) is 5.56 Å². The molecule has 0 bridgehead atoms. The van der Waals surface area contributed by atoms with Gasteiger partial charge in [0.05, 0.1) is 0 Å². The van der Waals surface area contributed by atoms with Crippen molar-refractivity contribution >= 4 is 11.6 Å². The van der Waals surface area contributed by atoms with Crippen LogP contribution in [0.3, 0.4) is 0 Å². The molecule has 78 valence electrons. The first-order valence-corrected chi connectivity index (χ1v) is 3.89. The molecule has 14 heavy (non-hydrogen) atoms. The molecule has 0 amide bonds. The van der Waals surface area contributed by atoms with Gasteiger partial charge in [-0.3, -0.25) is 0 Å².